The Balaban J connectivity index is 0.000000566. The molecule has 0 aliphatic carbocycles. The summed E-state index contributed by atoms with van der Waals surface area (Å²) in [6.45, 7) is 15.9. The molecular formula is C63H84Cl5F5N4O11S. The number of ether oxygens (including phenoxy) is 3. The first-order chi connectivity index (χ1) is 40.9. The number of halogens is 10. The molecule has 0 bridgehead atoms. The second-order valence-corrected chi connectivity index (χ2v) is 27.4. The van der Waals surface area contributed by atoms with Crippen molar-refractivity contribution >= 4 is 86.0 Å². The zero-order chi connectivity index (χ0) is 68.5. The highest BCUT2D eigenvalue weighted by Crippen LogP contribution is 2.32. The van der Waals surface area contributed by atoms with Crippen molar-refractivity contribution in [2.75, 3.05) is 67.4 Å². The lowest BCUT2D eigenvalue weighted by Gasteiger charge is -2.24. The molecule has 5 aromatic carbocycles. The van der Waals surface area contributed by atoms with Crippen molar-refractivity contribution in [2.24, 2.45) is 11.5 Å². The van der Waals surface area contributed by atoms with Crippen LogP contribution in [0.15, 0.2) is 91.0 Å². The van der Waals surface area contributed by atoms with Crippen LogP contribution in [0.2, 0.25) is 25.1 Å². The molecule has 0 fully saturated rings. The van der Waals surface area contributed by atoms with Gasteiger partial charge in [0.25, 0.3) is 10.1 Å². The van der Waals surface area contributed by atoms with Gasteiger partial charge in [-0.25, -0.2) is 22.0 Å². The van der Waals surface area contributed by atoms with E-state index in [1.807, 2.05) is 58.8 Å². The van der Waals surface area contributed by atoms with E-state index in [9.17, 15) is 49.9 Å². The predicted molar refractivity (Wildman–Crippen MR) is 343 cm³/mol. The third-order valence-corrected chi connectivity index (χ3v) is 13.6. The van der Waals surface area contributed by atoms with Crippen LogP contribution < -0.4 is 11.5 Å². The molecule has 0 heterocycles. The lowest BCUT2D eigenvalue weighted by atomic mass is 9.94. The second kappa shape index (κ2) is 38.3. The van der Waals surface area contributed by atoms with Crippen LogP contribution in [-0.2, 0) is 42.9 Å². The van der Waals surface area contributed by atoms with Crippen molar-refractivity contribution in [2.45, 2.75) is 128 Å². The van der Waals surface area contributed by atoms with E-state index in [4.69, 9.17) is 93.0 Å². The summed E-state index contributed by atoms with van der Waals surface area (Å²) < 4.78 is 112. The van der Waals surface area contributed by atoms with Gasteiger partial charge < -0.3 is 45.7 Å². The number of carbonyl (C=O) groups excluding carboxylic acids is 3. The van der Waals surface area contributed by atoms with Gasteiger partial charge in [0.05, 0.1) is 76.5 Å². The van der Waals surface area contributed by atoms with E-state index in [1.54, 1.807) is 77.9 Å². The molecule has 498 valence electrons. The molecule has 0 spiro atoms. The Bertz CT molecular complexity index is 3170. The van der Waals surface area contributed by atoms with Gasteiger partial charge in [-0.05, 0) is 138 Å². The lowest BCUT2D eigenvalue weighted by molar-refractivity contribution is -0.156. The highest BCUT2D eigenvalue weighted by molar-refractivity contribution is 7.86. The standard InChI is InChI=1S/C16H23ClFNO2.C15H20ClFO5S.C14H18ClFO3.C10H14ClFN2.C8H9ClFNO/c1-16(2,3)21-14(20)9-11(10-19(4)5)12-7-6-8-13(17)15(12)18;1-15(2,3)22-13(18)8-10(9-21-23(4,19)20)11-6-5-7-12(16)14(11)17;1-14(2,3)19-12(18)7-9(8-17)10-5-4-6-11(15)13(10)16;1-14(2)6-9(13)7-4-3-5-8(11)10(7)12;9-6-3-1-2-5(8(6)10)7(11)4-12/h6-8,11H,9-10H2,1-5H3;5-7,10H,8-9H2,1-4H3;4-6,9,17H,7-8H2,1-3H3;3-5,9H,6,13H2,1-2H3;1-3,7,12H,4,11H2/t11-;10-;2*9-;7-/m11111/s1. The third kappa shape index (κ3) is 32.4. The summed E-state index contributed by atoms with van der Waals surface area (Å²) in [5.74, 6) is -5.94. The molecule has 5 rings (SSSR count). The number of nitrogens with zero attached hydrogens (tertiary/aromatic N) is 2. The largest absolute Gasteiger partial charge is 0.460 e. The molecule has 0 aliphatic rings. The molecule has 26 heteroatoms. The van der Waals surface area contributed by atoms with E-state index in [1.165, 1.54) is 54.6 Å². The van der Waals surface area contributed by atoms with E-state index in [-0.39, 0.29) is 98.8 Å². The van der Waals surface area contributed by atoms with Crippen LogP contribution >= 0.6 is 58.0 Å². The van der Waals surface area contributed by atoms with Crippen LogP contribution in [0.25, 0.3) is 0 Å². The molecule has 0 saturated heterocycles. The monoisotopic (exact) mass is 1370 g/mol. The Morgan fingerprint density at radius 2 is 0.730 bits per heavy atom. The fourth-order valence-corrected chi connectivity index (χ4v) is 9.24. The minimum Gasteiger partial charge on any atom is -0.460 e. The van der Waals surface area contributed by atoms with E-state index >= 15 is 0 Å². The highest BCUT2D eigenvalue weighted by Gasteiger charge is 2.28. The molecule has 0 unspecified atom stereocenters. The van der Waals surface area contributed by atoms with E-state index < -0.39 is 85.8 Å². The summed E-state index contributed by atoms with van der Waals surface area (Å²) >= 11 is 28.4. The van der Waals surface area contributed by atoms with Crippen molar-refractivity contribution in [1.29, 1.82) is 0 Å². The quantitative estimate of drug-likeness (QED) is 0.0246. The van der Waals surface area contributed by atoms with Crippen LogP contribution in [0.4, 0.5) is 22.0 Å². The number of aliphatic hydroxyl groups is 2. The molecule has 0 radical (unpaired) electrons. The summed E-state index contributed by atoms with van der Waals surface area (Å²) in [7, 11) is 3.81. The summed E-state index contributed by atoms with van der Waals surface area (Å²) in [4.78, 5) is 39.5. The summed E-state index contributed by atoms with van der Waals surface area (Å²) in [6, 6.07) is 22.0. The molecular weight excluding hydrogens is 1290 g/mol. The SMILES string of the molecule is CC(C)(C)OC(=O)C[C@H](CO)c1cccc(Cl)c1F.CC(C)(C)OC(=O)C[C@H](COS(C)(=O)=O)c1cccc(Cl)c1F.CN(C)C[C@@H](CC(=O)OC(C)(C)C)c1cccc(Cl)c1F.CN(C)C[C@@H](N)c1cccc(Cl)c1F.N[C@H](CO)c1cccc(Cl)c1F. The van der Waals surface area contributed by atoms with Gasteiger partial charge in [0, 0.05) is 48.0 Å². The van der Waals surface area contributed by atoms with Gasteiger partial charge in [0.15, 0.2) is 0 Å². The molecule has 5 atom stereocenters. The fourth-order valence-electron chi connectivity index (χ4n) is 7.92. The maximum absolute atomic E-state index is 14.2. The van der Waals surface area contributed by atoms with Crippen LogP contribution in [-0.4, -0.2) is 130 Å². The molecule has 0 amide bonds. The van der Waals surface area contributed by atoms with Crippen molar-refractivity contribution < 1.29 is 73.4 Å². The van der Waals surface area contributed by atoms with Crippen LogP contribution in [0.3, 0.4) is 0 Å². The van der Waals surface area contributed by atoms with Crippen molar-refractivity contribution in [1.82, 2.24) is 9.80 Å². The van der Waals surface area contributed by atoms with Gasteiger partial charge in [-0.3, -0.25) is 18.6 Å². The molecule has 6 N–H and O–H groups in total. The first kappa shape index (κ1) is 82.3. The first-order valence-electron chi connectivity index (χ1n) is 27.6. The smallest absolute Gasteiger partial charge is 0.307 e. The van der Waals surface area contributed by atoms with Gasteiger partial charge in [0.2, 0.25) is 0 Å². The number of hydrogen-bond acceptors (Lipinski definition) is 15. The van der Waals surface area contributed by atoms with E-state index in [2.05, 4.69) is 0 Å². The normalized spacial score (nSPS) is 13.3. The fraction of sp³-hybridized carbons (Fsp3) is 0.476. The Morgan fingerprint density at radius 3 is 1.02 bits per heavy atom. The molecule has 15 nitrogen and oxygen atoms in total. The molecule has 0 aromatic heterocycles. The average Bonchev–Trinajstić information content (AvgIpc) is 3.55. The van der Waals surface area contributed by atoms with Gasteiger partial charge in [0.1, 0.15) is 45.9 Å². The van der Waals surface area contributed by atoms with Gasteiger partial charge in [-0.2, -0.15) is 8.42 Å². The number of hydrogen-bond donors (Lipinski definition) is 4. The Labute approximate surface area is 546 Å². The average molecular weight is 1380 g/mol. The molecule has 0 saturated carbocycles. The molecule has 5 aromatic rings. The predicted octanol–water partition coefficient (Wildman–Crippen LogP) is 13.9. The van der Waals surface area contributed by atoms with Crippen molar-refractivity contribution in [3.05, 3.63) is 173 Å². The molecule has 89 heavy (non-hydrogen) atoms. The molecule has 0 aliphatic heterocycles. The number of likely N-dealkylation sites (N-methyl/N-ethyl adjacent to an activating group) is 2. The number of benzene rings is 5. The number of nitrogens with two attached hydrogens (primary N) is 2. The first-order valence-corrected chi connectivity index (χ1v) is 31.3. The Kier molecular flexibility index (Phi) is 35.4. The second-order valence-electron chi connectivity index (χ2n) is 23.8. The van der Waals surface area contributed by atoms with Gasteiger partial charge >= 0.3 is 17.9 Å². The highest BCUT2D eigenvalue weighted by atomic mass is 35.5. The summed E-state index contributed by atoms with van der Waals surface area (Å²) in [5, 5.41) is 18.1. The van der Waals surface area contributed by atoms with E-state index in [0.717, 1.165) is 6.26 Å². The van der Waals surface area contributed by atoms with Crippen LogP contribution in [0.1, 0.15) is 139 Å². The zero-order valence-corrected chi connectivity index (χ0v) is 57.1. The van der Waals surface area contributed by atoms with Gasteiger partial charge in [-0.15, -0.1) is 0 Å². The van der Waals surface area contributed by atoms with Crippen molar-refractivity contribution in [3.63, 3.8) is 0 Å². The maximum atomic E-state index is 14.2. The Hall–Kier alpha value is -4.72. The summed E-state index contributed by atoms with van der Waals surface area (Å²) in [6.07, 6.45) is 0.674. The summed E-state index contributed by atoms with van der Waals surface area (Å²) in [5.41, 5.74) is 10.9. The Morgan fingerprint density at radius 1 is 0.461 bits per heavy atom. The van der Waals surface area contributed by atoms with Gasteiger partial charge in [-0.1, -0.05) is 119 Å². The number of carbonyl (C=O) groups is 3. The van der Waals surface area contributed by atoms with Crippen LogP contribution in [0.5, 0.6) is 0 Å². The number of aliphatic hydroxyl groups excluding tert-OH is 2. The lowest BCUT2D eigenvalue weighted by Crippen LogP contribution is -2.28. The maximum Gasteiger partial charge on any atom is 0.307 e. The number of esters is 3. The minimum atomic E-state index is -3.73. The van der Waals surface area contributed by atoms with Crippen LogP contribution in [0, 0.1) is 29.1 Å². The topological polar surface area (TPSA) is 221 Å². The minimum absolute atomic E-state index is 0.0244. The third-order valence-electron chi connectivity index (χ3n) is 11.6. The number of rotatable bonds is 20. The van der Waals surface area contributed by atoms with E-state index in [0.29, 0.717) is 24.2 Å². The zero-order valence-electron chi connectivity index (χ0n) is 52.5. The van der Waals surface area contributed by atoms with Crippen molar-refractivity contribution in [3.8, 4) is 0 Å².